The maximum atomic E-state index is 14.1. The van der Waals surface area contributed by atoms with Gasteiger partial charge in [0.2, 0.25) is 0 Å². The second kappa shape index (κ2) is 4.73. The highest BCUT2D eigenvalue weighted by molar-refractivity contribution is 5.88. The largest absolute Gasteiger partial charge is 0.469 e. The summed E-state index contributed by atoms with van der Waals surface area (Å²) in [6.07, 6.45) is 1.53. The molecule has 0 spiro atoms. The lowest BCUT2D eigenvalue weighted by atomic mass is 10.0. The van der Waals surface area contributed by atoms with Crippen molar-refractivity contribution in [1.82, 2.24) is 9.78 Å². The van der Waals surface area contributed by atoms with Crippen LogP contribution in [0.15, 0.2) is 34.9 Å². The van der Waals surface area contributed by atoms with Gasteiger partial charge in [-0.1, -0.05) is 0 Å². The highest BCUT2D eigenvalue weighted by atomic mass is 19.1. The summed E-state index contributed by atoms with van der Waals surface area (Å²) in [5.74, 6) is -0.315. The normalized spacial score (nSPS) is 11.0. The van der Waals surface area contributed by atoms with Crippen molar-refractivity contribution in [3.8, 4) is 22.4 Å². The maximum absolute atomic E-state index is 14.1. The zero-order valence-electron chi connectivity index (χ0n) is 11.5. The van der Waals surface area contributed by atoms with Crippen molar-refractivity contribution in [2.24, 2.45) is 7.05 Å². The molecule has 0 aliphatic rings. The van der Waals surface area contributed by atoms with Crippen LogP contribution in [0.25, 0.3) is 22.4 Å². The van der Waals surface area contributed by atoms with E-state index >= 15 is 0 Å². The molecule has 108 valence electrons. The van der Waals surface area contributed by atoms with Crippen LogP contribution in [-0.2, 0) is 7.05 Å². The summed E-state index contributed by atoms with van der Waals surface area (Å²) >= 11 is 0. The molecule has 0 amide bonds. The van der Waals surface area contributed by atoms with E-state index in [0.29, 0.717) is 28.4 Å². The molecule has 2 N–H and O–H groups in total. The van der Waals surface area contributed by atoms with Gasteiger partial charge in [0.05, 0.1) is 5.56 Å². The van der Waals surface area contributed by atoms with Gasteiger partial charge in [0.1, 0.15) is 35.2 Å². The first-order valence-corrected chi connectivity index (χ1v) is 6.30. The number of hydrogen-bond donors (Lipinski definition) is 1. The van der Waals surface area contributed by atoms with E-state index in [1.165, 1.54) is 23.1 Å². The van der Waals surface area contributed by atoms with E-state index in [0.717, 1.165) is 6.07 Å². The number of furan rings is 1. The molecule has 0 bridgehead atoms. The minimum Gasteiger partial charge on any atom is -0.469 e. The number of hydrogen-bond acceptors (Lipinski definition) is 3. The van der Waals surface area contributed by atoms with Crippen molar-refractivity contribution in [3.63, 3.8) is 0 Å². The monoisotopic (exact) mass is 289 g/mol. The van der Waals surface area contributed by atoms with Crippen molar-refractivity contribution in [2.45, 2.75) is 6.92 Å². The highest BCUT2D eigenvalue weighted by Gasteiger charge is 2.21. The van der Waals surface area contributed by atoms with Crippen molar-refractivity contribution < 1.29 is 13.2 Å². The first-order chi connectivity index (χ1) is 9.97. The minimum absolute atomic E-state index is 0.204. The Kier molecular flexibility index (Phi) is 3.01. The number of aryl methyl sites for hydroxylation is 2. The van der Waals surface area contributed by atoms with Crippen LogP contribution in [0.4, 0.5) is 14.6 Å². The fraction of sp³-hybridized carbons (Fsp3) is 0.133. The third kappa shape index (κ3) is 2.18. The Bertz CT molecular complexity index is 820. The fourth-order valence-electron chi connectivity index (χ4n) is 2.26. The Morgan fingerprint density at radius 1 is 1.24 bits per heavy atom. The van der Waals surface area contributed by atoms with Gasteiger partial charge in [-0.2, -0.15) is 5.10 Å². The molecule has 6 heteroatoms. The molecule has 0 fully saturated rings. The number of nitrogens with zero attached hydrogens (tertiary/aromatic N) is 2. The first kappa shape index (κ1) is 13.4. The van der Waals surface area contributed by atoms with Crippen LogP contribution in [-0.4, -0.2) is 9.78 Å². The fourth-order valence-corrected chi connectivity index (χ4v) is 2.26. The lowest BCUT2D eigenvalue weighted by Crippen LogP contribution is -1.98. The molecule has 21 heavy (non-hydrogen) atoms. The lowest BCUT2D eigenvalue weighted by Gasteiger charge is -2.05. The first-order valence-electron chi connectivity index (χ1n) is 6.30. The molecule has 0 saturated heterocycles. The van der Waals surface area contributed by atoms with Gasteiger partial charge in [0.25, 0.3) is 0 Å². The van der Waals surface area contributed by atoms with E-state index in [9.17, 15) is 8.78 Å². The molecule has 3 rings (SSSR count). The maximum Gasteiger partial charge on any atom is 0.134 e. The van der Waals surface area contributed by atoms with E-state index in [2.05, 4.69) is 5.10 Å². The van der Waals surface area contributed by atoms with Crippen LogP contribution in [0.3, 0.4) is 0 Å². The summed E-state index contributed by atoms with van der Waals surface area (Å²) in [6.45, 7) is 1.80. The van der Waals surface area contributed by atoms with Gasteiger partial charge in [-0.25, -0.2) is 8.78 Å². The summed E-state index contributed by atoms with van der Waals surface area (Å²) in [5, 5.41) is 4.30. The lowest BCUT2D eigenvalue weighted by molar-refractivity contribution is 0.534. The quantitative estimate of drug-likeness (QED) is 0.785. The second-order valence-electron chi connectivity index (χ2n) is 4.80. The number of aromatic nitrogens is 2. The zero-order chi connectivity index (χ0) is 15.1. The zero-order valence-corrected chi connectivity index (χ0v) is 11.5. The smallest absolute Gasteiger partial charge is 0.134 e. The second-order valence-corrected chi connectivity index (χ2v) is 4.80. The summed E-state index contributed by atoms with van der Waals surface area (Å²) < 4.78 is 33.9. The van der Waals surface area contributed by atoms with Crippen molar-refractivity contribution in [1.29, 1.82) is 0 Å². The van der Waals surface area contributed by atoms with Gasteiger partial charge in [-0.15, -0.1) is 0 Å². The van der Waals surface area contributed by atoms with Gasteiger partial charge in [-0.05, 0) is 25.1 Å². The molecule has 0 aliphatic carbocycles. The molecule has 0 aliphatic heterocycles. The van der Waals surface area contributed by atoms with Crippen LogP contribution >= 0.6 is 0 Å². The molecule has 0 atom stereocenters. The van der Waals surface area contributed by atoms with Crippen molar-refractivity contribution >= 4 is 5.82 Å². The molecular formula is C15H13F2N3O. The Balaban J connectivity index is 2.26. The number of benzene rings is 1. The molecule has 2 heterocycles. The molecule has 4 nitrogen and oxygen atoms in total. The average Bonchev–Trinajstić information content (AvgIpc) is 2.96. The van der Waals surface area contributed by atoms with E-state index < -0.39 is 11.6 Å². The van der Waals surface area contributed by atoms with Crippen molar-refractivity contribution in [3.05, 3.63) is 47.9 Å². The number of nitrogen functional groups attached to an aromatic ring is 1. The number of nitrogens with two attached hydrogens (primary N) is 1. The molecule has 0 unspecified atom stereocenters. The molecule has 0 saturated carbocycles. The number of halogens is 2. The Hall–Kier alpha value is -2.63. The van der Waals surface area contributed by atoms with Crippen LogP contribution in [0.5, 0.6) is 0 Å². The molecule has 2 aromatic heterocycles. The van der Waals surface area contributed by atoms with Gasteiger partial charge in [0, 0.05) is 24.2 Å². The van der Waals surface area contributed by atoms with E-state index in [1.54, 1.807) is 20.0 Å². The average molecular weight is 289 g/mol. The van der Waals surface area contributed by atoms with E-state index in [1.807, 2.05) is 0 Å². The standard InChI is InChI=1S/C15H13F2N3O/c1-8-5-9(7-21-8)14-13(15(18)20(2)19-14)11-4-3-10(16)6-12(11)17/h3-7H,18H2,1-2H3. The van der Waals surface area contributed by atoms with Crippen LogP contribution in [0, 0.1) is 18.6 Å². The van der Waals surface area contributed by atoms with Crippen LogP contribution in [0.1, 0.15) is 5.76 Å². The Labute approximate surface area is 119 Å². The number of anilines is 1. The summed E-state index contributed by atoms with van der Waals surface area (Å²) in [6, 6.07) is 5.16. The third-order valence-corrected chi connectivity index (χ3v) is 3.30. The van der Waals surface area contributed by atoms with E-state index in [4.69, 9.17) is 10.2 Å². The molecule has 1 aromatic carbocycles. The van der Waals surface area contributed by atoms with Crippen molar-refractivity contribution in [2.75, 3.05) is 5.73 Å². The highest BCUT2D eigenvalue weighted by Crippen LogP contribution is 2.37. The molecule has 0 radical (unpaired) electrons. The van der Waals surface area contributed by atoms with Gasteiger partial charge >= 0.3 is 0 Å². The summed E-state index contributed by atoms with van der Waals surface area (Å²) in [5.41, 5.74) is 7.82. The Morgan fingerprint density at radius 2 is 2.00 bits per heavy atom. The predicted octanol–water partition coefficient (Wildman–Crippen LogP) is 3.52. The topological polar surface area (TPSA) is 57.0 Å². The van der Waals surface area contributed by atoms with Crippen LogP contribution < -0.4 is 5.73 Å². The van der Waals surface area contributed by atoms with Gasteiger partial charge < -0.3 is 10.2 Å². The predicted molar refractivity (Wildman–Crippen MR) is 75.4 cm³/mol. The van der Waals surface area contributed by atoms with Crippen LogP contribution in [0.2, 0.25) is 0 Å². The summed E-state index contributed by atoms with van der Waals surface area (Å²) in [7, 11) is 1.66. The SMILES string of the molecule is Cc1cc(-c2nn(C)c(N)c2-c2ccc(F)cc2F)co1. The minimum atomic E-state index is -0.684. The number of rotatable bonds is 2. The summed E-state index contributed by atoms with van der Waals surface area (Å²) in [4.78, 5) is 0. The third-order valence-electron chi connectivity index (χ3n) is 3.30. The Morgan fingerprint density at radius 3 is 2.62 bits per heavy atom. The molecule has 3 aromatic rings. The molecular weight excluding hydrogens is 276 g/mol. The van der Waals surface area contributed by atoms with Gasteiger partial charge in [-0.3, -0.25) is 4.68 Å². The van der Waals surface area contributed by atoms with E-state index in [-0.39, 0.29) is 5.56 Å². The van der Waals surface area contributed by atoms with Gasteiger partial charge in [0.15, 0.2) is 0 Å².